The van der Waals surface area contributed by atoms with Crippen molar-refractivity contribution in [3.05, 3.63) is 53.9 Å². The van der Waals surface area contributed by atoms with E-state index < -0.39 is 0 Å². The maximum atomic E-state index is 5.69. The molecular weight excluding hydrogens is 252 g/mol. The molecule has 0 aliphatic heterocycles. The van der Waals surface area contributed by atoms with E-state index in [0.717, 1.165) is 29.2 Å². The van der Waals surface area contributed by atoms with Crippen LogP contribution in [-0.2, 0) is 18.0 Å². The van der Waals surface area contributed by atoms with Gasteiger partial charge in [0, 0.05) is 18.4 Å². The summed E-state index contributed by atoms with van der Waals surface area (Å²) in [6.45, 7) is 4.01. The second-order valence-electron chi connectivity index (χ2n) is 4.41. The van der Waals surface area contributed by atoms with Gasteiger partial charge in [0.25, 0.3) is 0 Å². The molecule has 0 aliphatic rings. The number of ether oxygens (including phenoxy) is 2. The number of hydrogen-bond donors (Lipinski definition) is 1. The number of nitrogens with one attached hydrogen (secondary N) is 1. The first-order valence-electron chi connectivity index (χ1n) is 6.71. The highest BCUT2D eigenvalue weighted by Gasteiger charge is 1.99. The Hall–Kier alpha value is -2.07. The number of benzene rings is 1. The first kappa shape index (κ1) is 14.3. The third kappa shape index (κ3) is 4.24. The molecule has 0 fully saturated rings. The highest BCUT2D eigenvalue weighted by Crippen LogP contribution is 2.14. The zero-order valence-corrected chi connectivity index (χ0v) is 11.9. The average Bonchev–Trinajstić information content (AvgIpc) is 2.48. The van der Waals surface area contributed by atoms with Gasteiger partial charge in [-0.05, 0) is 36.8 Å². The van der Waals surface area contributed by atoms with E-state index in [0.29, 0.717) is 13.2 Å². The Kier molecular flexibility index (Phi) is 5.38. The smallest absolute Gasteiger partial charge is 0.119 e. The van der Waals surface area contributed by atoms with Crippen molar-refractivity contribution in [3.63, 3.8) is 0 Å². The molecule has 2 aromatic rings. The lowest BCUT2D eigenvalue weighted by atomic mass is 10.2. The number of rotatable bonds is 7. The van der Waals surface area contributed by atoms with Crippen molar-refractivity contribution in [3.8, 4) is 5.75 Å². The zero-order chi connectivity index (χ0) is 14.2. The van der Waals surface area contributed by atoms with Gasteiger partial charge in [-0.15, -0.1) is 0 Å². The van der Waals surface area contributed by atoms with E-state index in [9.17, 15) is 0 Å². The van der Waals surface area contributed by atoms with Crippen molar-refractivity contribution in [2.45, 2.75) is 20.1 Å². The molecule has 0 unspecified atom stereocenters. The lowest BCUT2D eigenvalue weighted by Gasteiger charge is -2.07. The van der Waals surface area contributed by atoms with E-state index in [2.05, 4.69) is 17.2 Å². The minimum absolute atomic E-state index is 0.496. The summed E-state index contributed by atoms with van der Waals surface area (Å²) in [5.74, 6) is 0.846. The topological polar surface area (TPSA) is 43.4 Å². The molecule has 0 aliphatic carbocycles. The van der Waals surface area contributed by atoms with Gasteiger partial charge in [-0.3, -0.25) is 4.98 Å². The molecule has 0 saturated heterocycles. The van der Waals surface area contributed by atoms with Crippen LogP contribution in [0, 0.1) is 0 Å². The van der Waals surface area contributed by atoms with Crippen molar-refractivity contribution >= 4 is 5.69 Å². The summed E-state index contributed by atoms with van der Waals surface area (Å²) in [4.78, 5) is 4.30. The highest BCUT2D eigenvalue weighted by atomic mass is 16.5. The van der Waals surface area contributed by atoms with Crippen molar-refractivity contribution in [2.75, 3.05) is 19.0 Å². The number of pyridine rings is 1. The third-order valence-electron chi connectivity index (χ3n) is 2.85. The molecule has 1 aromatic carbocycles. The fourth-order valence-corrected chi connectivity index (χ4v) is 1.91. The molecule has 4 nitrogen and oxygen atoms in total. The van der Waals surface area contributed by atoms with Crippen LogP contribution in [-0.4, -0.2) is 18.6 Å². The number of nitrogens with zero attached hydrogens (tertiary/aromatic N) is 1. The molecule has 1 N–H and O–H groups in total. The van der Waals surface area contributed by atoms with E-state index in [4.69, 9.17) is 9.47 Å². The molecule has 106 valence electrons. The van der Waals surface area contributed by atoms with Gasteiger partial charge in [-0.1, -0.05) is 12.1 Å². The third-order valence-corrected chi connectivity index (χ3v) is 2.85. The SMILES string of the molecule is CCNc1ccnc(COCc2cccc(OC)c2)c1. The summed E-state index contributed by atoms with van der Waals surface area (Å²) >= 11 is 0. The average molecular weight is 272 g/mol. The summed E-state index contributed by atoms with van der Waals surface area (Å²) in [6, 6.07) is 11.8. The summed E-state index contributed by atoms with van der Waals surface area (Å²) in [6.07, 6.45) is 1.79. The van der Waals surface area contributed by atoms with Gasteiger partial charge in [0.1, 0.15) is 5.75 Å². The quantitative estimate of drug-likeness (QED) is 0.840. The van der Waals surface area contributed by atoms with Crippen LogP contribution >= 0.6 is 0 Å². The molecule has 0 saturated carbocycles. The van der Waals surface area contributed by atoms with E-state index >= 15 is 0 Å². The molecule has 4 heteroatoms. The first-order chi connectivity index (χ1) is 9.81. The normalized spacial score (nSPS) is 10.3. The van der Waals surface area contributed by atoms with Crippen LogP contribution in [0.25, 0.3) is 0 Å². The maximum Gasteiger partial charge on any atom is 0.119 e. The van der Waals surface area contributed by atoms with Crippen LogP contribution in [0.1, 0.15) is 18.2 Å². The van der Waals surface area contributed by atoms with Crippen molar-refractivity contribution < 1.29 is 9.47 Å². The zero-order valence-electron chi connectivity index (χ0n) is 11.9. The molecule has 0 spiro atoms. The van der Waals surface area contributed by atoms with Gasteiger partial charge < -0.3 is 14.8 Å². The van der Waals surface area contributed by atoms with Gasteiger partial charge in [0.05, 0.1) is 26.0 Å². The molecule has 1 heterocycles. The molecule has 20 heavy (non-hydrogen) atoms. The monoisotopic (exact) mass is 272 g/mol. The van der Waals surface area contributed by atoms with Gasteiger partial charge in [-0.2, -0.15) is 0 Å². The van der Waals surface area contributed by atoms with Gasteiger partial charge in [0.2, 0.25) is 0 Å². The predicted molar refractivity (Wildman–Crippen MR) is 79.9 cm³/mol. The first-order valence-corrected chi connectivity index (χ1v) is 6.71. The highest BCUT2D eigenvalue weighted by molar-refractivity contribution is 5.42. The fraction of sp³-hybridized carbons (Fsp3) is 0.312. The standard InChI is InChI=1S/C16H20N2O2/c1-3-17-14-7-8-18-15(10-14)12-20-11-13-5-4-6-16(9-13)19-2/h4-10H,3,11-12H2,1-2H3,(H,17,18). The van der Waals surface area contributed by atoms with E-state index in [1.807, 2.05) is 36.4 Å². The molecule has 2 rings (SSSR count). The Morgan fingerprint density at radius 1 is 1.15 bits per heavy atom. The van der Waals surface area contributed by atoms with Gasteiger partial charge in [0.15, 0.2) is 0 Å². The Morgan fingerprint density at radius 3 is 2.85 bits per heavy atom. The van der Waals surface area contributed by atoms with E-state index in [1.165, 1.54) is 0 Å². The van der Waals surface area contributed by atoms with Crippen LogP contribution in [0.2, 0.25) is 0 Å². The lowest BCUT2D eigenvalue weighted by molar-refractivity contribution is 0.104. The molecule has 0 amide bonds. The lowest BCUT2D eigenvalue weighted by Crippen LogP contribution is -2.00. The van der Waals surface area contributed by atoms with Crippen molar-refractivity contribution in [2.24, 2.45) is 0 Å². The largest absolute Gasteiger partial charge is 0.497 e. The Bertz CT molecular complexity index is 544. The minimum Gasteiger partial charge on any atom is -0.497 e. The minimum atomic E-state index is 0.496. The number of hydrogen-bond acceptors (Lipinski definition) is 4. The van der Waals surface area contributed by atoms with Gasteiger partial charge in [-0.25, -0.2) is 0 Å². The maximum absolute atomic E-state index is 5.69. The number of methoxy groups -OCH3 is 1. The van der Waals surface area contributed by atoms with Crippen LogP contribution in [0.4, 0.5) is 5.69 Å². The Labute approximate surface area is 119 Å². The predicted octanol–water partition coefficient (Wildman–Crippen LogP) is 3.24. The van der Waals surface area contributed by atoms with Crippen LogP contribution in [0.15, 0.2) is 42.6 Å². The second-order valence-corrected chi connectivity index (χ2v) is 4.41. The molecule has 0 radical (unpaired) electrons. The van der Waals surface area contributed by atoms with E-state index in [-0.39, 0.29) is 0 Å². The summed E-state index contributed by atoms with van der Waals surface area (Å²) in [7, 11) is 1.66. The van der Waals surface area contributed by atoms with Crippen LogP contribution in [0.5, 0.6) is 5.75 Å². The molecule has 1 aromatic heterocycles. The summed E-state index contributed by atoms with van der Waals surface area (Å²) < 4.78 is 10.9. The van der Waals surface area contributed by atoms with E-state index in [1.54, 1.807) is 13.3 Å². The Morgan fingerprint density at radius 2 is 2.05 bits per heavy atom. The fourth-order valence-electron chi connectivity index (χ4n) is 1.91. The van der Waals surface area contributed by atoms with Gasteiger partial charge >= 0.3 is 0 Å². The Balaban J connectivity index is 1.87. The number of anilines is 1. The molecular formula is C16H20N2O2. The summed E-state index contributed by atoms with van der Waals surface area (Å²) in [5, 5.41) is 3.26. The molecule has 0 bridgehead atoms. The number of aromatic nitrogens is 1. The second kappa shape index (κ2) is 7.50. The van der Waals surface area contributed by atoms with Crippen LogP contribution in [0.3, 0.4) is 0 Å². The van der Waals surface area contributed by atoms with Crippen molar-refractivity contribution in [1.82, 2.24) is 4.98 Å². The summed E-state index contributed by atoms with van der Waals surface area (Å²) in [5.41, 5.74) is 3.08. The van der Waals surface area contributed by atoms with Crippen molar-refractivity contribution in [1.29, 1.82) is 0 Å². The molecule has 0 atom stereocenters. The van der Waals surface area contributed by atoms with Crippen LogP contribution < -0.4 is 10.1 Å².